The maximum absolute atomic E-state index is 13.8. The van der Waals surface area contributed by atoms with Gasteiger partial charge in [0, 0.05) is 11.7 Å². The highest BCUT2D eigenvalue weighted by Gasteiger charge is 2.35. The zero-order valence-corrected chi connectivity index (χ0v) is 22.9. The molecule has 2 N–H and O–H groups in total. The number of benzene rings is 2. The van der Waals surface area contributed by atoms with Crippen LogP contribution in [0.1, 0.15) is 76.3 Å². The van der Waals surface area contributed by atoms with Gasteiger partial charge >= 0.3 is 6.09 Å². The van der Waals surface area contributed by atoms with Gasteiger partial charge in [0.15, 0.2) is 0 Å². The van der Waals surface area contributed by atoms with Crippen LogP contribution in [0.15, 0.2) is 42.5 Å². The van der Waals surface area contributed by atoms with Crippen LogP contribution in [0.2, 0.25) is 0 Å². The Morgan fingerprint density at radius 1 is 0.972 bits per heavy atom. The van der Waals surface area contributed by atoms with E-state index in [1.54, 1.807) is 25.7 Å². The number of carbonyl (C=O) groups excluding carboxylic acids is 3. The molecule has 0 saturated heterocycles. The molecule has 0 fully saturated rings. The Labute approximate surface area is 215 Å². The number of rotatable bonds is 9. The summed E-state index contributed by atoms with van der Waals surface area (Å²) in [7, 11) is 0. The third kappa shape index (κ3) is 7.83. The Kier molecular flexibility index (Phi) is 10.1. The van der Waals surface area contributed by atoms with Gasteiger partial charge in [-0.05, 0) is 76.6 Å². The van der Waals surface area contributed by atoms with Gasteiger partial charge in [-0.1, -0.05) is 56.3 Å². The molecule has 2 aromatic carbocycles. The summed E-state index contributed by atoms with van der Waals surface area (Å²) in [6.07, 6.45) is 0.829. The Morgan fingerprint density at radius 3 is 2.06 bits per heavy atom. The molecule has 0 aliphatic heterocycles. The second-order valence-corrected chi connectivity index (χ2v) is 10.2. The average molecular weight is 496 g/mol. The first-order valence-electron chi connectivity index (χ1n) is 12.6. The summed E-state index contributed by atoms with van der Waals surface area (Å²) < 4.78 is 5.28. The van der Waals surface area contributed by atoms with E-state index in [0.717, 1.165) is 28.8 Å². The smallest absolute Gasteiger partial charge is 0.408 e. The number of aryl methyl sites for hydroxylation is 3. The quantitative estimate of drug-likeness (QED) is 0.467. The molecule has 2 aromatic rings. The number of hydrogen-bond donors (Lipinski definition) is 2. The van der Waals surface area contributed by atoms with Crippen LogP contribution in [-0.4, -0.2) is 41.0 Å². The topological polar surface area (TPSA) is 87.7 Å². The predicted octanol–water partition coefficient (Wildman–Crippen LogP) is 5.70. The van der Waals surface area contributed by atoms with E-state index in [2.05, 4.69) is 17.6 Å². The summed E-state index contributed by atoms with van der Waals surface area (Å²) in [4.78, 5) is 41.1. The van der Waals surface area contributed by atoms with Crippen molar-refractivity contribution in [3.8, 4) is 0 Å². The van der Waals surface area contributed by atoms with Crippen molar-refractivity contribution in [1.82, 2.24) is 10.2 Å². The van der Waals surface area contributed by atoms with Gasteiger partial charge in [-0.25, -0.2) is 4.79 Å². The van der Waals surface area contributed by atoms with E-state index < -0.39 is 17.7 Å². The molecule has 0 aromatic heterocycles. The SMILES string of the molecule is CCc1ccc(C(C(=O)Nc2c(C)cccc2C)N(C(=O)CNC(=O)OC(C)(C)C)C(C)CC)cc1. The fourth-order valence-corrected chi connectivity index (χ4v) is 3.97. The molecular formula is C29H41N3O4. The highest BCUT2D eigenvalue weighted by molar-refractivity contribution is 5.99. The molecule has 0 heterocycles. The monoisotopic (exact) mass is 495 g/mol. The van der Waals surface area contributed by atoms with Gasteiger partial charge in [0.1, 0.15) is 18.2 Å². The molecule has 2 atom stereocenters. The number of anilines is 1. The number of hydrogen-bond acceptors (Lipinski definition) is 4. The molecule has 2 unspecified atom stereocenters. The van der Waals surface area contributed by atoms with Crippen LogP contribution in [-0.2, 0) is 20.7 Å². The van der Waals surface area contributed by atoms with Gasteiger partial charge in [0.05, 0.1) is 0 Å². The van der Waals surface area contributed by atoms with E-state index in [0.29, 0.717) is 12.0 Å². The fraction of sp³-hybridized carbons (Fsp3) is 0.483. The molecular weight excluding hydrogens is 454 g/mol. The molecule has 3 amide bonds. The molecule has 7 nitrogen and oxygen atoms in total. The minimum Gasteiger partial charge on any atom is -0.444 e. The van der Waals surface area contributed by atoms with Crippen molar-refractivity contribution in [2.45, 2.75) is 85.9 Å². The largest absolute Gasteiger partial charge is 0.444 e. The Balaban J connectivity index is 2.45. The van der Waals surface area contributed by atoms with Gasteiger partial charge < -0.3 is 20.3 Å². The van der Waals surface area contributed by atoms with Crippen LogP contribution in [0, 0.1) is 13.8 Å². The van der Waals surface area contributed by atoms with Gasteiger partial charge in [-0.15, -0.1) is 0 Å². The fourth-order valence-electron chi connectivity index (χ4n) is 3.97. The first-order chi connectivity index (χ1) is 16.9. The number of para-hydroxylation sites is 1. The highest BCUT2D eigenvalue weighted by Crippen LogP contribution is 2.29. The molecule has 2 rings (SSSR count). The van der Waals surface area contributed by atoms with Gasteiger partial charge in [-0.2, -0.15) is 0 Å². The Morgan fingerprint density at radius 2 is 1.56 bits per heavy atom. The van der Waals surface area contributed by atoms with E-state index in [9.17, 15) is 14.4 Å². The normalized spacial score (nSPS) is 12.9. The lowest BCUT2D eigenvalue weighted by atomic mass is 9.98. The maximum Gasteiger partial charge on any atom is 0.408 e. The summed E-state index contributed by atoms with van der Waals surface area (Å²) in [5, 5.41) is 5.62. The summed E-state index contributed by atoms with van der Waals surface area (Å²) in [5.41, 5.74) is 3.79. The summed E-state index contributed by atoms with van der Waals surface area (Å²) in [6.45, 7) is 14.8. The van der Waals surface area contributed by atoms with Crippen molar-refractivity contribution in [2.75, 3.05) is 11.9 Å². The average Bonchev–Trinajstić information content (AvgIpc) is 2.81. The number of alkyl carbamates (subject to hydrolysis) is 1. The summed E-state index contributed by atoms with van der Waals surface area (Å²) in [6, 6.07) is 12.5. The third-order valence-corrected chi connectivity index (χ3v) is 6.10. The zero-order valence-electron chi connectivity index (χ0n) is 22.9. The summed E-state index contributed by atoms with van der Waals surface area (Å²) >= 11 is 0. The van der Waals surface area contributed by atoms with E-state index in [4.69, 9.17) is 4.74 Å². The number of carbonyl (C=O) groups is 3. The number of ether oxygens (including phenoxy) is 1. The van der Waals surface area contributed by atoms with Gasteiger partial charge in [0.2, 0.25) is 5.91 Å². The lowest BCUT2D eigenvalue weighted by molar-refractivity contribution is -0.140. The molecule has 0 spiro atoms. The predicted molar refractivity (Wildman–Crippen MR) is 144 cm³/mol. The van der Waals surface area contributed by atoms with Crippen molar-refractivity contribution in [3.05, 3.63) is 64.7 Å². The van der Waals surface area contributed by atoms with Crippen LogP contribution in [0.4, 0.5) is 10.5 Å². The highest BCUT2D eigenvalue weighted by atomic mass is 16.6. The minimum absolute atomic E-state index is 0.252. The molecule has 7 heteroatoms. The molecule has 0 aliphatic carbocycles. The van der Waals surface area contributed by atoms with Crippen molar-refractivity contribution in [1.29, 1.82) is 0 Å². The molecule has 196 valence electrons. The van der Waals surface area contributed by atoms with E-state index in [-0.39, 0.29) is 24.4 Å². The molecule has 0 radical (unpaired) electrons. The van der Waals surface area contributed by atoms with Crippen LogP contribution >= 0.6 is 0 Å². The second kappa shape index (κ2) is 12.6. The standard InChI is InChI=1S/C29H41N3O4/c1-9-21(5)32(24(33)18-30-28(35)36-29(6,7)8)26(23-16-14-22(10-2)15-17-23)27(34)31-25-19(3)12-11-13-20(25)4/h11-17,21,26H,9-10,18H2,1-8H3,(H,30,35)(H,31,34). The first-order valence-corrected chi connectivity index (χ1v) is 12.6. The van der Waals surface area contributed by atoms with Gasteiger partial charge in [-0.3, -0.25) is 9.59 Å². The van der Waals surface area contributed by atoms with E-state index >= 15 is 0 Å². The van der Waals surface area contributed by atoms with Crippen molar-refractivity contribution in [3.63, 3.8) is 0 Å². The van der Waals surface area contributed by atoms with Crippen molar-refractivity contribution in [2.24, 2.45) is 0 Å². The Bertz CT molecular complexity index is 1040. The lowest BCUT2D eigenvalue weighted by Crippen LogP contribution is -2.50. The minimum atomic E-state index is -0.877. The van der Waals surface area contributed by atoms with E-state index in [1.165, 1.54) is 0 Å². The molecule has 0 aliphatic rings. The van der Waals surface area contributed by atoms with E-state index in [1.807, 2.05) is 70.2 Å². The first kappa shape index (κ1) is 28.9. The maximum atomic E-state index is 13.8. The molecule has 36 heavy (non-hydrogen) atoms. The van der Waals surface area contributed by atoms with Crippen LogP contribution < -0.4 is 10.6 Å². The third-order valence-electron chi connectivity index (χ3n) is 6.10. The number of nitrogens with one attached hydrogen (secondary N) is 2. The second-order valence-electron chi connectivity index (χ2n) is 10.2. The van der Waals surface area contributed by atoms with Crippen LogP contribution in [0.25, 0.3) is 0 Å². The van der Waals surface area contributed by atoms with Crippen molar-refractivity contribution >= 4 is 23.6 Å². The summed E-state index contributed by atoms with van der Waals surface area (Å²) in [5.74, 6) is -0.668. The number of amides is 3. The molecule has 0 saturated carbocycles. The number of nitrogens with zero attached hydrogens (tertiary/aromatic N) is 1. The molecule has 0 bridgehead atoms. The Hall–Kier alpha value is -3.35. The van der Waals surface area contributed by atoms with Crippen molar-refractivity contribution < 1.29 is 19.1 Å². The van der Waals surface area contributed by atoms with Crippen LogP contribution in [0.3, 0.4) is 0 Å². The zero-order chi connectivity index (χ0) is 27.0. The lowest BCUT2D eigenvalue weighted by Gasteiger charge is -2.36. The van der Waals surface area contributed by atoms with Crippen LogP contribution in [0.5, 0.6) is 0 Å². The van der Waals surface area contributed by atoms with Gasteiger partial charge in [0.25, 0.3) is 5.91 Å².